The molecule has 0 bridgehead atoms. The first-order chi connectivity index (χ1) is 16.2. The number of carbonyl (C=O) groups is 1. The molecule has 1 aliphatic heterocycles. The van der Waals surface area contributed by atoms with Gasteiger partial charge in [0, 0.05) is 38.3 Å². The van der Waals surface area contributed by atoms with Gasteiger partial charge in [-0.15, -0.1) is 0 Å². The van der Waals surface area contributed by atoms with Crippen molar-refractivity contribution in [3.05, 3.63) is 51.8 Å². The van der Waals surface area contributed by atoms with Gasteiger partial charge in [0.2, 0.25) is 0 Å². The Morgan fingerprint density at radius 1 is 1.18 bits per heavy atom. The van der Waals surface area contributed by atoms with Gasteiger partial charge in [0.25, 0.3) is 11.5 Å². The zero-order valence-electron chi connectivity index (χ0n) is 19.9. The molecule has 180 valence electrons. The molecule has 34 heavy (non-hydrogen) atoms. The minimum Gasteiger partial charge on any atom is -0.478 e. The molecule has 0 aliphatic carbocycles. The van der Waals surface area contributed by atoms with E-state index in [9.17, 15) is 9.59 Å². The molecule has 1 amide bonds. The number of aromatic nitrogens is 2. The number of nitrogens with one attached hydrogen (secondary N) is 2. The first-order valence-corrected chi connectivity index (χ1v) is 11.8. The monoisotopic (exact) mass is 483 g/mol. The quantitative estimate of drug-likeness (QED) is 0.552. The number of halogens is 1. The Balaban J connectivity index is 1.62. The predicted molar refractivity (Wildman–Crippen MR) is 136 cm³/mol. The third kappa shape index (κ3) is 5.12. The number of hydrogen-bond acceptors (Lipinski definition) is 6. The molecule has 8 nitrogen and oxygen atoms in total. The minimum atomic E-state index is -0.310. The summed E-state index contributed by atoms with van der Waals surface area (Å²) in [5.41, 5.74) is 1.21. The van der Waals surface area contributed by atoms with E-state index in [2.05, 4.69) is 29.4 Å². The molecular weight excluding hydrogens is 454 g/mol. The number of anilines is 3. The Morgan fingerprint density at radius 3 is 2.62 bits per heavy atom. The Kier molecular flexibility index (Phi) is 6.97. The zero-order chi connectivity index (χ0) is 24.4. The smallest absolute Gasteiger partial charge is 0.293 e. The van der Waals surface area contributed by atoms with Crippen LogP contribution in [-0.4, -0.2) is 42.2 Å². The maximum absolute atomic E-state index is 12.6. The molecule has 0 spiro atoms. The molecule has 3 aromatic rings. The maximum atomic E-state index is 12.6. The van der Waals surface area contributed by atoms with Crippen molar-refractivity contribution in [3.8, 4) is 5.75 Å². The molecule has 3 heterocycles. The van der Waals surface area contributed by atoms with Crippen LogP contribution in [0.25, 0.3) is 10.9 Å². The number of amides is 1. The van der Waals surface area contributed by atoms with Crippen LogP contribution in [0.2, 0.25) is 5.02 Å². The molecule has 1 fully saturated rings. The summed E-state index contributed by atoms with van der Waals surface area (Å²) in [6.07, 6.45) is 1.23. The van der Waals surface area contributed by atoms with Crippen molar-refractivity contribution in [1.82, 2.24) is 14.9 Å². The summed E-state index contributed by atoms with van der Waals surface area (Å²) in [6, 6.07) is 11.1. The fraction of sp³-hybridized carbons (Fsp3) is 0.400. The van der Waals surface area contributed by atoms with Crippen molar-refractivity contribution >= 4 is 45.7 Å². The van der Waals surface area contributed by atoms with Crippen LogP contribution >= 0.6 is 11.6 Å². The zero-order valence-corrected chi connectivity index (χ0v) is 20.6. The van der Waals surface area contributed by atoms with Crippen LogP contribution in [0, 0.1) is 11.8 Å². The van der Waals surface area contributed by atoms with Crippen LogP contribution in [0.15, 0.2) is 41.2 Å². The molecule has 2 unspecified atom stereocenters. The number of aryl methyl sites for hydroxylation is 1. The Hall–Kier alpha value is -3.26. The molecule has 2 N–H and O–H groups in total. The number of fused-ring (bicyclic) bond motifs is 1. The van der Waals surface area contributed by atoms with Crippen LogP contribution in [0.5, 0.6) is 5.75 Å². The van der Waals surface area contributed by atoms with E-state index in [0.717, 1.165) is 35.5 Å². The lowest BCUT2D eigenvalue weighted by atomic mass is 9.92. The lowest BCUT2D eigenvalue weighted by Gasteiger charge is -2.36. The Bertz CT molecular complexity index is 1270. The average Bonchev–Trinajstić information content (AvgIpc) is 2.81. The standard InChI is InChI=1S/C25H30ClN5O3/c1-15-9-16(2)13-31(12-15)22-8-6-19(26)24(29-22)28-18-5-7-20-17(10-18)11-21(25(33)30(20)4)34-14-23(32)27-3/h5-8,10-11,15-16H,9,12-14H2,1-4H3,(H,27,32)(H,28,29). The number of ether oxygens (including phenoxy) is 1. The number of rotatable bonds is 6. The van der Waals surface area contributed by atoms with Gasteiger partial charge in [0.05, 0.1) is 10.5 Å². The van der Waals surface area contributed by atoms with E-state index in [-0.39, 0.29) is 23.8 Å². The highest BCUT2D eigenvalue weighted by Crippen LogP contribution is 2.31. The van der Waals surface area contributed by atoms with Crippen molar-refractivity contribution in [2.24, 2.45) is 18.9 Å². The van der Waals surface area contributed by atoms with Gasteiger partial charge < -0.3 is 24.8 Å². The summed E-state index contributed by atoms with van der Waals surface area (Å²) in [7, 11) is 3.19. The molecule has 4 rings (SSSR count). The molecule has 1 aliphatic rings. The number of piperidine rings is 1. The van der Waals surface area contributed by atoms with Gasteiger partial charge in [0.1, 0.15) is 5.82 Å². The maximum Gasteiger partial charge on any atom is 0.293 e. The van der Waals surface area contributed by atoms with Crippen LogP contribution in [0.1, 0.15) is 20.3 Å². The van der Waals surface area contributed by atoms with Crippen molar-refractivity contribution in [1.29, 1.82) is 0 Å². The summed E-state index contributed by atoms with van der Waals surface area (Å²) >= 11 is 6.47. The fourth-order valence-electron chi connectivity index (χ4n) is 4.53. The van der Waals surface area contributed by atoms with E-state index < -0.39 is 0 Å². The molecule has 0 saturated carbocycles. The van der Waals surface area contributed by atoms with Gasteiger partial charge in [-0.2, -0.15) is 0 Å². The summed E-state index contributed by atoms with van der Waals surface area (Å²) in [5, 5.41) is 7.10. The van der Waals surface area contributed by atoms with E-state index in [1.54, 1.807) is 13.1 Å². The summed E-state index contributed by atoms with van der Waals surface area (Å²) in [4.78, 5) is 31.2. The molecular formula is C25H30ClN5O3. The van der Waals surface area contributed by atoms with E-state index >= 15 is 0 Å². The minimum absolute atomic E-state index is 0.113. The Morgan fingerprint density at radius 2 is 1.91 bits per heavy atom. The average molecular weight is 484 g/mol. The van der Waals surface area contributed by atoms with Crippen molar-refractivity contribution < 1.29 is 9.53 Å². The highest BCUT2D eigenvalue weighted by molar-refractivity contribution is 6.33. The summed E-state index contributed by atoms with van der Waals surface area (Å²) in [6.45, 7) is 6.26. The second kappa shape index (κ2) is 9.93. The number of pyridine rings is 2. The molecule has 2 aromatic heterocycles. The van der Waals surface area contributed by atoms with Crippen LogP contribution in [-0.2, 0) is 11.8 Å². The number of carbonyl (C=O) groups excluding carboxylic acids is 1. The predicted octanol–water partition coefficient (Wildman–Crippen LogP) is 3.94. The third-order valence-electron chi connectivity index (χ3n) is 6.12. The summed E-state index contributed by atoms with van der Waals surface area (Å²) < 4.78 is 6.95. The van der Waals surface area contributed by atoms with E-state index in [0.29, 0.717) is 22.7 Å². The normalized spacial score (nSPS) is 18.1. The van der Waals surface area contributed by atoms with E-state index in [1.807, 2.05) is 30.3 Å². The SMILES string of the molecule is CNC(=O)COc1cc2cc(Nc3nc(N4CC(C)CC(C)C4)ccc3Cl)ccc2n(C)c1=O. The second-order valence-electron chi connectivity index (χ2n) is 9.08. The van der Waals surface area contributed by atoms with Crippen molar-refractivity contribution in [2.45, 2.75) is 20.3 Å². The van der Waals surface area contributed by atoms with Gasteiger partial charge in [-0.05, 0) is 54.7 Å². The van der Waals surface area contributed by atoms with Gasteiger partial charge in [-0.1, -0.05) is 25.4 Å². The fourth-order valence-corrected chi connectivity index (χ4v) is 4.68. The first-order valence-electron chi connectivity index (χ1n) is 11.4. The molecule has 1 saturated heterocycles. The summed E-state index contributed by atoms with van der Waals surface area (Å²) in [5.74, 6) is 2.51. The molecule has 9 heteroatoms. The molecule has 2 atom stereocenters. The Labute approximate surface area is 203 Å². The van der Waals surface area contributed by atoms with Gasteiger partial charge in [0.15, 0.2) is 18.2 Å². The molecule has 0 radical (unpaired) electrons. The van der Waals surface area contributed by atoms with Crippen LogP contribution < -0.4 is 25.8 Å². The van der Waals surface area contributed by atoms with Gasteiger partial charge in [-0.25, -0.2) is 4.98 Å². The largest absolute Gasteiger partial charge is 0.478 e. The third-order valence-corrected chi connectivity index (χ3v) is 6.42. The van der Waals surface area contributed by atoms with Crippen molar-refractivity contribution in [3.63, 3.8) is 0 Å². The van der Waals surface area contributed by atoms with E-state index in [4.69, 9.17) is 21.3 Å². The highest BCUT2D eigenvalue weighted by Gasteiger charge is 2.23. The van der Waals surface area contributed by atoms with Gasteiger partial charge >= 0.3 is 0 Å². The lowest BCUT2D eigenvalue weighted by Crippen LogP contribution is -2.39. The topological polar surface area (TPSA) is 88.5 Å². The number of likely N-dealkylation sites (N-methyl/N-ethyl adjacent to an activating group) is 1. The first kappa shape index (κ1) is 23.9. The lowest BCUT2D eigenvalue weighted by molar-refractivity contribution is -0.122. The van der Waals surface area contributed by atoms with Crippen LogP contribution in [0.4, 0.5) is 17.3 Å². The number of nitrogens with zero attached hydrogens (tertiary/aromatic N) is 3. The highest BCUT2D eigenvalue weighted by atomic mass is 35.5. The molecule has 1 aromatic carbocycles. The number of benzene rings is 1. The number of hydrogen-bond donors (Lipinski definition) is 2. The van der Waals surface area contributed by atoms with E-state index in [1.165, 1.54) is 18.0 Å². The van der Waals surface area contributed by atoms with Gasteiger partial charge in [-0.3, -0.25) is 9.59 Å². The van der Waals surface area contributed by atoms with Crippen molar-refractivity contribution in [2.75, 3.05) is 37.0 Å². The second-order valence-corrected chi connectivity index (χ2v) is 9.49. The van der Waals surface area contributed by atoms with Crippen LogP contribution in [0.3, 0.4) is 0 Å².